The third-order valence-electron chi connectivity index (χ3n) is 6.21. The van der Waals surface area contributed by atoms with E-state index in [1.54, 1.807) is 24.3 Å². The quantitative estimate of drug-likeness (QED) is 0.300. The van der Waals surface area contributed by atoms with Crippen molar-refractivity contribution in [2.24, 2.45) is 5.92 Å². The Hall–Kier alpha value is -3.76. The Kier molecular flexibility index (Phi) is 8.75. The van der Waals surface area contributed by atoms with Crippen LogP contribution in [0.5, 0.6) is 11.5 Å². The molecule has 2 aromatic carbocycles. The van der Waals surface area contributed by atoms with Crippen molar-refractivity contribution in [1.29, 1.82) is 0 Å². The van der Waals surface area contributed by atoms with Gasteiger partial charge in [0.15, 0.2) is 17.2 Å². The Morgan fingerprint density at radius 1 is 1.08 bits per heavy atom. The highest BCUT2D eigenvalue weighted by molar-refractivity contribution is 7.18. The molecule has 0 aliphatic carbocycles. The zero-order chi connectivity index (χ0) is 27.2. The molecule has 0 saturated carbocycles. The van der Waals surface area contributed by atoms with E-state index in [2.05, 4.69) is 5.32 Å². The molecule has 0 atom stereocenters. The molecule has 11 heteroatoms. The van der Waals surface area contributed by atoms with Gasteiger partial charge in [-0.25, -0.2) is 14.4 Å². The van der Waals surface area contributed by atoms with Crippen LogP contribution in [0.4, 0.5) is 10.5 Å². The smallest absolute Gasteiger partial charge is 0.349 e. The van der Waals surface area contributed by atoms with Crippen LogP contribution in [0.3, 0.4) is 0 Å². The topological polar surface area (TPSA) is 125 Å². The van der Waals surface area contributed by atoms with Crippen molar-refractivity contribution >= 4 is 46.6 Å². The number of ether oxygens (including phenoxy) is 2. The molecule has 1 aliphatic rings. The van der Waals surface area contributed by atoms with Crippen LogP contribution in [0.25, 0.3) is 10.4 Å². The summed E-state index contributed by atoms with van der Waals surface area (Å²) in [6.45, 7) is 2.99. The molecule has 1 fully saturated rings. The van der Waals surface area contributed by atoms with E-state index >= 15 is 0 Å². The second-order valence-electron chi connectivity index (χ2n) is 8.91. The second-order valence-corrected chi connectivity index (χ2v) is 10.3. The molecular weight excluding hydrogens is 532 g/mol. The van der Waals surface area contributed by atoms with Gasteiger partial charge in [-0.05, 0) is 55.0 Å². The van der Waals surface area contributed by atoms with Gasteiger partial charge in [-0.3, -0.25) is 0 Å². The summed E-state index contributed by atoms with van der Waals surface area (Å²) >= 11 is 7.30. The molecule has 1 aliphatic heterocycles. The number of aryl methyl sites for hydroxylation is 1. The lowest BCUT2D eigenvalue weighted by molar-refractivity contribution is -0.139. The molecule has 1 aromatic heterocycles. The number of aromatic carboxylic acids is 1. The number of carboxylic acid groups (broad SMARTS) is 2. The van der Waals surface area contributed by atoms with Crippen molar-refractivity contribution in [3.63, 3.8) is 0 Å². The van der Waals surface area contributed by atoms with E-state index in [1.807, 2.05) is 36.1 Å². The van der Waals surface area contributed by atoms with Gasteiger partial charge < -0.3 is 29.9 Å². The first-order valence-corrected chi connectivity index (χ1v) is 13.2. The fourth-order valence-corrected chi connectivity index (χ4v) is 5.54. The van der Waals surface area contributed by atoms with E-state index in [-0.39, 0.29) is 27.6 Å². The minimum absolute atomic E-state index is 0.0437. The number of amides is 2. The van der Waals surface area contributed by atoms with Crippen molar-refractivity contribution in [3.05, 3.63) is 64.0 Å². The van der Waals surface area contributed by atoms with Crippen molar-refractivity contribution < 1.29 is 34.1 Å². The van der Waals surface area contributed by atoms with E-state index < -0.39 is 18.5 Å². The van der Waals surface area contributed by atoms with Gasteiger partial charge in [0.25, 0.3) is 0 Å². The molecule has 4 rings (SSSR count). The predicted molar refractivity (Wildman–Crippen MR) is 145 cm³/mol. The Labute approximate surface area is 228 Å². The predicted octanol–water partition coefficient (Wildman–Crippen LogP) is 5.86. The van der Waals surface area contributed by atoms with E-state index in [1.165, 1.54) is 0 Å². The number of urea groups is 1. The number of hydrogen-bond acceptors (Lipinski definition) is 6. The average Bonchev–Trinajstić information content (AvgIpc) is 3.24. The van der Waals surface area contributed by atoms with Crippen LogP contribution in [0, 0.1) is 12.8 Å². The minimum atomic E-state index is -1.25. The number of thiophene rings is 1. The number of benzene rings is 2. The van der Waals surface area contributed by atoms with E-state index in [4.69, 9.17) is 26.2 Å². The first kappa shape index (κ1) is 27.3. The number of nitrogens with zero attached hydrogens (tertiary/aromatic N) is 1. The number of carboxylic acids is 2. The number of aliphatic carboxylic acids is 1. The Balaban J connectivity index is 1.35. The number of carbonyl (C=O) groups excluding carboxylic acids is 1. The van der Waals surface area contributed by atoms with Crippen LogP contribution < -0.4 is 14.8 Å². The molecule has 0 bridgehead atoms. The number of piperidine rings is 1. The highest BCUT2D eigenvalue weighted by Crippen LogP contribution is 2.46. The van der Waals surface area contributed by atoms with Crippen LogP contribution in [0.1, 0.15) is 28.1 Å². The highest BCUT2D eigenvalue weighted by Gasteiger charge is 2.26. The summed E-state index contributed by atoms with van der Waals surface area (Å²) < 4.78 is 11.2. The van der Waals surface area contributed by atoms with Crippen LogP contribution in [0.15, 0.2) is 48.5 Å². The number of rotatable bonds is 9. The maximum absolute atomic E-state index is 12.6. The molecule has 3 N–H and O–H groups in total. The van der Waals surface area contributed by atoms with Gasteiger partial charge >= 0.3 is 18.0 Å². The van der Waals surface area contributed by atoms with Gasteiger partial charge in [0.05, 0.1) is 11.5 Å². The molecule has 38 heavy (non-hydrogen) atoms. The van der Waals surface area contributed by atoms with Gasteiger partial charge in [0.2, 0.25) is 0 Å². The zero-order valence-corrected chi connectivity index (χ0v) is 22.2. The minimum Gasteiger partial charge on any atom is -0.493 e. The van der Waals surface area contributed by atoms with Crippen LogP contribution in [-0.2, 0) is 4.79 Å². The fourth-order valence-electron chi connectivity index (χ4n) is 4.14. The molecule has 3 aromatic rings. The number of carbonyl (C=O) groups is 3. The van der Waals surface area contributed by atoms with Gasteiger partial charge in [-0.2, -0.15) is 0 Å². The number of likely N-dealkylation sites (tertiary alicyclic amines) is 1. The number of nitrogens with one attached hydrogen (secondary N) is 1. The average molecular weight is 559 g/mol. The van der Waals surface area contributed by atoms with Gasteiger partial charge in [0.1, 0.15) is 10.8 Å². The molecule has 2 heterocycles. The lowest BCUT2D eigenvalue weighted by Crippen LogP contribution is -2.42. The third kappa shape index (κ3) is 6.56. The van der Waals surface area contributed by atoms with Crippen LogP contribution >= 0.6 is 22.9 Å². The van der Waals surface area contributed by atoms with E-state index in [9.17, 15) is 19.5 Å². The summed E-state index contributed by atoms with van der Waals surface area (Å²) in [6.07, 6.45) is 1.62. The number of hydrogen-bond donors (Lipinski definition) is 3. The number of para-hydroxylation sites is 1. The Bertz CT molecular complexity index is 1330. The SMILES string of the molecule is Cc1ccccc1NC(=O)N1CCC(COc2cccc(-c3sc(C(=O)O)c(OCC(=O)O)c3Cl)c2)CC1. The van der Waals surface area contributed by atoms with Gasteiger partial charge in [0, 0.05) is 18.8 Å². The highest BCUT2D eigenvalue weighted by atomic mass is 35.5. The summed E-state index contributed by atoms with van der Waals surface area (Å²) in [5.74, 6) is -1.78. The molecular formula is C27H27ClN2O7S. The van der Waals surface area contributed by atoms with Crippen molar-refractivity contribution in [2.45, 2.75) is 19.8 Å². The Morgan fingerprint density at radius 3 is 2.50 bits per heavy atom. The summed E-state index contributed by atoms with van der Waals surface area (Å²) in [5.41, 5.74) is 2.45. The van der Waals surface area contributed by atoms with E-state index in [0.717, 1.165) is 35.4 Å². The van der Waals surface area contributed by atoms with Crippen molar-refractivity contribution in [3.8, 4) is 21.9 Å². The van der Waals surface area contributed by atoms with E-state index in [0.29, 0.717) is 35.9 Å². The molecule has 0 radical (unpaired) electrons. The monoisotopic (exact) mass is 558 g/mol. The molecule has 9 nitrogen and oxygen atoms in total. The zero-order valence-electron chi connectivity index (χ0n) is 20.6. The summed E-state index contributed by atoms with van der Waals surface area (Å²) in [7, 11) is 0. The van der Waals surface area contributed by atoms with Crippen LogP contribution in [0.2, 0.25) is 5.02 Å². The first-order valence-electron chi connectivity index (χ1n) is 12.0. The number of anilines is 1. The lowest BCUT2D eigenvalue weighted by Gasteiger charge is -2.32. The lowest BCUT2D eigenvalue weighted by atomic mass is 9.98. The molecule has 0 unspecified atom stereocenters. The molecule has 1 saturated heterocycles. The summed E-state index contributed by atoms with van der Waals surface area (Å²) in [6, 6.07) is 14.7. The summed E-state index contributed by atoms with van der Waals surface area (Å²) in [5, 5.41) is 21.4. The largest absolute Gasteiger partial charge is 0.493 e. The van der Waals surface area contributed by atoms with Crippen molar-refractivity contribution in [1.82, 2.24) is 4.90 Å². The summed E-state index contributed by atoms with van der Waals surface area (Å²) in [4.78, 5) is 37.3. The second kappa shape index (κ2) is 12.2. The number of halogens is 1. The van der Waals surface area contributed by atoms with Crippen LogP contribution in [-0.4, -0.2) is 59.4 Å². The molecule has 0 spiro atoms. The third-order valence-corrected chi connectivity index (χ3v) is 7.89. The van der Waals surface area contributed by atoms with Gasteiger partial charge in [-0.15, -0.1) is 11.3 Å². The van der Waals surface area contributed by atoms with Crippen molar-refractivity contribution in [2.75, 3.05) is 31.6 Å². The molecule has 2 amide bonds. The normalized spacial score (nSPS) is 13.7. The molecule has 200 valence electrons. The standard InChI is InChI=1S/C27H27ClN2O7S/c1-16-5-2-3-8-20(16)29-27(35)30-11-9-17(10-12-30)14-36-19-7-4-6-18(13-19)24-22(28)23(37-15-21(31)32)25(38-24)26(33)34/h2-8,13,17H,9-12,14-15H2,1H3,(H,29,35)(H,31,32)(H,33,34). The maximum Gasteiger partial charge on any atom is 0.349 e. The maximum atomic E-state index is 12.6. The first-order chi connectivity index (χ1) is 18.2. The Morgan fingerprint density at radius 2 is 1.82 bits per heavy atom. The van der Waals surface area contributed by atoms with Gasteiger partial charge in [-0.1, -0.05) is 41.9 Å². The fraction of sp³-hybridized carbons (Fsp3) is 0.296.